The van der Waals surface area contributed by atoms with E-state index < -0.39 is 6.10 Å². The van der Waals surface area contributed by atoms with Crippen molar-refractivity contribution in [1.29, 1.82) is 0 Å². The van der Waals surface area contributed by atoms with E-state index in [4.69, 9.17) is 16.3 Å². The minimum Gasteiger partial charge on any atom is -0.491 e. The zero-order valence-corrected chi connectivity index (χ0v) is 10.2. The molecule has 0 saturated heterocycles. The Bertz CT molecular complexity index is 304. The maximum Gasteiger partial charge on any atom is 0.119 e. The highest BCUT2D eigenvalue weighted by Crippen LogP contribution is 2.21. The van der Waals surface area contributed by atoms with Crippen molar-refractivity contribution in [3.63, 3.8) is 0 Å². The van der Waals surface area contributed by atoms with Crippen LogP contribution < -0.4 is 4.74 Å². The maximum absolute atomic E-state index is 9.18. The molecule has 0 aliphatic rings. The van der Waals surface area contributed by atoms with Crippen LogP contribution in [0.4, 0.5) is 0 Å². The van der Waals surface area contributed by atoms with Crippen molar-refractivity contribution in [2.45, 2.75) is 13.0 Å². The lowest BCUT2D eigenvalue weighted by atomic mass is 10.2. The number of aliphatic hydroxyl groups is 1. The second-order valence-corrected chi connectivity index (χ2v) is 4.19. The fourth-order valence-corrected chi connectivity index (χ4v) is 1.28. The average Bonchev–Trinajstić information content (AvgIpc) is 2.19. The van der Waals surface area contributed by atoms with E-state index in [0.717, 1.165) is 15.8 Å². The van der Waals surface area contributed by atoms with Crippen molar-refractivity contribution in [1.82, 2.24) is 0 Å². The zero-order valence-electron chi connectivity index (χ0n) is 7.84. The van der Waals surface area contributed by atoms with E-state index in [1.54, 1.807) is 0 Å². The highest BCUT2D eigenvalue weighted by atomic mass is 79.9. The van der Waals surface area contributed by atoms with Gasteiger partial charge in [0.05, 0.1) is 5.88 Å². The SMILES string of the molecule is Cc1cc(OCC(O)CCl)ccc1Br. The van der Waals surface area contributed by atoms with Crippen molar-refractivity contribution < 1.29 is 9.84 Å². The summed E-state index contributed by atoms with van der Waals surface area (Å²) < 4.78 is 6.38. The summed E-state index contributed by atoms with van der Waals surface area (Å²) in [5.74, 6) is 0.935. The maximum atomic E-state index is 9.18. The number of rotatable bonds is 4. The van der Waals surface area contributed by atoms with Crippen LogP contribution in [0.25, 0.3) is 0 Å². The third kappa shape index (κ3) is 3.48. The summed E-state index contributed by atoms with van der Waals surface area (Å²) in [5, 5.41) is 9.18. The highest BCUT2D eigenvalue weighted by Gasteiger charge is 2.03. The molecule has 14 heavy (non-hydrogen) atoms. The van der Waals surface area contributed by atoms with Gasteiger partial charge in [-0.2, -0.15) is 0 Å². The largest absolute Gasteiger partial charge is 0.491 e. The normalized spacial score (nSPS) is 12.6. The number of alkyl halides is 1. The van der Waals surface area contributed by atoms with Gasteiger partial charge >= 0.3 is 0 Å². The number of ether oxygens (including phenoxy) is 1. The summed E-state index contributed by atoms with van der Waals surface area (Å²) >= 11 is 8.83. The molecule has 0 spiro atoms. The van der Waals surface area contributed by atoms with E-state index in [-0.39, 0.29) is 12.5 Å². The van der Waals surface area contributed by atoms with Crippen LogP contribution >= 0.6 is 27.5 Å². The number of hydrogen-bond donors (Lipinski definition) is 1. The number of aryl methyl sites for hydroxylation is 1. The molecule has 78 valence electrons. The lowest BCUT2D eigenvalue weighted by Crippen LogP contribution is -2.18. The molecule has 1 N–H and O–H groups in total. The van der Waals surface area contributed by atoms with E-state index in [9.17, 15) is 5.11 Å². The van der Waals surface area contributed by atoms with E-state index in [0.29, 0.717) is 0 Å². The third-order valence-corrected chi connectivity index (χ3v) is 3.00. The Morgan fingerprint density at radius 1 is 1.57 bits per heavy atom. The van der Waals surface area contributed by atoms with Crippen LogP contribution in [-0.2, 0) is 0 Å². The Morgan fingerprint density at radius 2 is 2.29 bits per heavy atom. The minimum absolute atomic E-state index is 0.190. The molecule has 0 radical (unpaired) electrons. The van der Waals surface area contributed by atoms with Crippen molar-refractivity contribution in [3.8, 4) is 5.75 Å². The van der Waals surface area contributed by atoms with Gasteiger partial charge in [-0.15, -0.1) is 11.6 Å². The molecule has 0 aliphatic carbocycles. The first-order chi connectivity index (χ1) is 6.63. The molecule has 4 heteroatoms. The van der Waals surface area contributed by atoms with Gasteiger partial charge < -0.3 is 9.84 Å². The summed E-state index contributed by atoms with van der Waals surface area (Å²) in [6.07, 6.45) is -0.611. The number of aliphatic hydroxyl groups excluding tert-OH is 1. The van der Waals surface area contributed by atoms with Crippen LogP contribution in [0.2, 0.25) is 0 Å². The van der Waals surface area contributed by atoms with Crippen LogP contribution in [0.5, 0.6) is 5.75 Å². The first kappa shape index (κ1) is 11.8. The molecular weight excluding hydrogens is 267 g/mol. The van der Waals surface area contributed by atoms with E-state index in [2.05, 4.69) is 15.9 Å². The van der Waals surface area contributed by atoms with Crippen LogP contribution in [0, 0.1) is 6.92 Å². The molecule has 0 amide bonds. The molecule has 0 fully saturated rings. The van der Waals surface area contributed by atoms with Gasteiger partial charge in [0.1, 0.15) is 18.5 Å². The van der Waals surface area contributed by atoms with Crippen molar-refractivity contribution in [3.05, 3.63) is 28.2 Å². The number of benzene rings is 1. The van der Waals surface area contributed by atoms with Gasteiger partial charge in [0.2, 0.25) is 0 Å². The third-order valence-electron chi connectivity index (χ3n) is 1.75. The average molecular weight is 280 g/mol. The van der Waals surface area contributed by atoms with E-state index >= 15 is 0 Å². The Balaban J connectivity index is 2.55. The van der Waals surface area contributed by atoms with Gasteiger partial charge in [-0.3, -0.25) is 0 Å². The second-order valence-electron chi connectivity index (χ2n) is 3.03. The van der Waals surface area contributed by atoms with E-state index in [1.165, 1.54) is 0 Å². The summed E-state index contributed by atoms with van der Waals surface area (Å²) in [5.41, 5.74) is 1.10. The Labute approximate surface area is 97.0 Å². The van der Waals surface area contributed by atoms with Crippen molar-refractivity contribution in [2.75, 3.05) is 12.5 Å². The summed E-state index contributed by atoms with van der Waals surface area (Å²) in [6, 6.07) is 5.67. The molecule has 1 rings (SSSR count). The molecule has 0 heterocycles. The monoisotopic (exact) mass is 278 g/mol. The fraction of sp³-hybridized carbons (Fsp3) is 0.400. The van der Waals surface area contributed by atoms with Crippen molar-refractivity contribution in [2.24, 2.45) is 0 Å². The topological polar surface area (TPSA) is 29.5 Å². The van der Waals surface area contributed by atoms with Gasteiger partial charge in [0.15, 0.2) is 0 Å². The molecule has 1 aromatic rings. The molecule has 0 aromatic heterocycles. The molecule has 2 nitrogen and oxygen atoms in total. The minimum atomic E-state index is -0.611. The van der Waals surface area contributed by atoms with Crippen LogP contribution in [0.1, 0.15) is 5.56 Å². The molecule has 0 aliphatic heterocycles. The van der Waals surface area contributed by atoms with Gasteiger partial charge in [-0.25, -0.2) is 0 Å². The van der Waals surface area contributed by atoms with Gasteiger partial charge in [-0.05, 0) is 30.7 Å². The molecule has 0 saturated carbocycles. The van der Waals surface area contributed by atoms with Crippen LogP contribution in [0.3, 0.4) is 0 Å². The quantitative estimate of drug-likeness (QED) is 0.859. The second kappa shape index (κ2) is 5.59. The Kier molecular flexibility index (Phi) is 4.72. The Morgan fingerprint density at radius 3 is 2.86 bits per heavy atom. The van der Waals surface area contributed by atoms with Crippen LogP contribution in [0.15, 0.2) is 22.7 Å². The van der Waals surface area contributed by atoms with Gasteiger partial charge in [-0.1, -0.05) is 15.9 Å². The molecule has 1 atom stereocenters. The predicted octanol–water partition coefficient (Wildman–Crippen LogP) is 2.74. The van der Waals surface area contributed by atoms with E-state index in [1.807, 2.05) is 25.1 Å². The van der Waals surface area contributed by atoms with Crippen LogP contribution in [-0.4, -0.2) is 23.7 Å². The first-order valence-electron chi connectivity index (χ1n) is 4.26. The Hall–Kier alpha value is -0.250. The molecular formula is C10H12BrClO2. The molecule has 0 bridgehead atoms. The first-order valence-corrected chi connectivity index (χ1v) is 5.59. The highest BCUT2D eigenvalue weighted by molar-refractivity contribution is 9.10. The standard InChI is InChI=1S/C10H12BrClO2/c1-7-4-9(2-3-10(7)11)14-6-8(13)5-12/h2-4,8,13H,5-6H2,1H3. The lowest BCUT2D eigenvalue weighted by molar-refractivity contribution is 0.125. The zero-order chi connectivity index (χ0) is 10.6. The summed E-state index contributed by atoms with van der Waals surface area (Å²) in [4.78, 5) is 0. The fourth-order valence-electron chi connectivity index (χ4n) is 0.944. The summed E-state index contributed by atoms with van der Waals surface area (Å²) in [7, 11) is 0. The van der Waals surface area contributed by atoms with Gasteiger partial charge in [0.25, 0.3) is 0 Å². The van der Waals surface area contributed by atoms with Crippen molar-refractivity contribution >= 4 is 27.5 Å². The smallest absolute Gasteiger partial charge is 0.119 e. The molecule has 1 unspecified atom stereocenters. The molecule has 1 aromatic carbocycles. The number of halogens is 2. The van der Waals surface area contributed by atoms with Gasteiger partial charge in [0, 0.05) is 4.47 Å². The summed E-state index contributed by atoms with van der Waals surface area (Å²) in [6.45, 7) is 2.21. The predicted molar refractivity (Wildman–Crippen MR) is 61.1 cm³/mol. The lowest BCUT2D eigenvalue weighted by Gasteiger charge is -2.10. The number of hydrogen-bond acceptors (Lipinski definition) is 2.